The van der Waals surface area contributed by atoms with Crippen molar-refractivity contribution in [2.24, 2.45) is 0 Å². The Bertz CT molecular complexity index is 734. The van der Waals surface area contributed by atoms with E-state index >= 15 is 0 Å². The number of nitrogens with zero attached hydrogens (tertiary/aromatic N) is 2. The molecule has 0 saturated heterocycles. The van der Waals surface area contributed by atoms with Crippen LogP contribution in [0, 0.1) is 0 Å². The van der Waals surface area contributed by atoms with Crippen LogP contribution in [0.15, 0.2) is 47.2 Å². The first-order chi connectivity index (χ1) is 8.75. The van der Waals surface area contributed by atoms with E-state index in [-0.39, 0.29) is 11.3 Å². The van der Waals surface area contributed by atoms with Gasteiger partial charge in [0.15, 0.2) is 5.76 Å². The van der Waals surface area contributed by atoms with Crippen LogP contribution in [0.25, 0.3) is 22.2 Å². The lowest BCUT2D eigenvalue weighted by atomic mass is 10.1. The summed E-state index contributed by atoms with van der Waals surface area (Å²) in [7, 11) is 0. The third-order valence-electron chi connectivity index (χ3n) is 2.67. The van der Waals surface area contributed by atoms with Crippen molar-refractivity contribution in [1.82, 2.24) is 10.1 Å². The molecule has 3 aromatic rings. The first kappa shape index (κ1) is 10.5. The maximum Gasteiger partial charge on any atom is 0.341 e. The molecule has 5 heteroatoms. The Kier molecular flexibility index (Phi) is 2.30. The fraction of sp³-hybridized carbons (Fsp3) is 0. The summed E-state index contributed by atoms with van der Waals surface area (Å²) in [5.74, 6) is -0.817. The van der Waals surface area contributed by atoms with Gasteiger partial charge in [-0.05, 0) is 12.1 Å². The van der Waals surface area contributed by atoms with Crippen LogP contribution in [0.5, 0.6) is 0 Å². The third kappa shape index (κ3) is 1.62. The highest BCUT2D eigenvalue weighted by Crippen LogP contribution is 2.26. The number of carbonyl (C=O) groups is 1. The number of fused-ring (bicyclic) bond motifs is 1. The largest absolute Gasteiger partial charge is 0.477 e. The van der Waals surface area contributed by atoms with Crippen LogP contribution in [-0.2, 0) is 0 Å². The molecule has 88 valence electrons. The highest BCUT2D eigenvalue weighted by molar-refractivity contribution is 5.95. The molecule has 0 aliphatic rings. The number of aromatic nitrogens is 2. The fourth-order valence-electron chi connectivity index (χ4n) is 1.81. The standard InChI is InChI=1S/C13H8N2O3/c16-13(17)10-7-15-18-12(10)9-4-3-8-2-1-5-14-11(8)6-9/h1-7H,(H,16,17). The summed E-state index contributed by atoms with van der Waals surface area (Å²) >= 11 is 0. The van der Waals surface area contributed by atoms with Crippen LogP contribution in [0.1, 0.15) is 10.4 Å². The quantitative estimate of drug-likeness (QED) is 0.745. The molecule has 2 heterocycles. The molecular formula is C13H8N2O3. The van der Waals surface area contributed by atoms with Crippen molar-refractivity contribution in [2.45, 2.75) is 0 Å². The zero-order chi connectivity index (χ0) is 12.5. The second-order valence-corrected chi connectivity index (χ2v) is 3.78. The number of carboxylic acids is 1. The van der Waals surface area contributed by atoms with Gasteiger partial charge in [-0.3, -0.25) is 4.98 Å². The van der Waals surface area contributed by atoms with E-state index in [4.69, 9.17) is 9.63 Å². The summed E-state index contributed by atoms with van der Waals surface area (Å²) in [5.41, 5.74) is 1.48. The van der Waals surface area contributed by atoms with Crippen LogP contribution < -0.4 is 0 Å². The van der Waals surface area contributed by atoms with Crippen molar-refractivity contribution in [1.29, 1.82) is 0 Å². The van der Waals surface area contributed by atoms with E-state index in [2.05, 4.69) is 10.1 Å². The molecule has 3 rings (SSSR count). The molecule has 0 atom stereocenters. The molecule has 0 aliphatic heterocycles. The molecule has 1 aromatic carbocycles. The number of hydrogen-bond acceptors (Lipinski definition) is 4. The molecule has 1 N–H and O–H groups in total. The molecule has 0 spiro atoms. The molecule has 0 aliphatic carbocycles. The summed E-state index contributed by atoms with van der Waals surface area (Å²) in [6.45, 7) is 0. The van der Waals surface area contributed by atoms with Crippen LogP contribution in [0.3, 0.4) is 0 Å². The molecule has 0 unspecified atom stereocenters. The summed E-state index contributed by atoms with van der Waals surface area (Å²) in [5, 5.41) is 13.5. The molecule has 18 heavy (non-hydrogen) atoms. The predicted octanol–water partition coefficient (Wildman–Crippen LogP) is 2.59. The predicted molar refractivity (Wildman–Crippen MR) is 64.2 cm³/mol. The Hall–Kier alpha value is -2.69. The molecule has 0 saturated carbocycles. The van der Waals surface area contributed by atoms with E-state index < -0.39 is 5.97 Å². The van der Waals surface area contributed by atoms with Crippen LogP contribution in [0.2, 0.25) is 0 Å². The van der Waals surface area contributed by atoms with Crippen molar-refractivity contribution in [3.05, 3.63) is 48.3 Å². The molecular weight excluding hydrogens is 232 g/mol. The number of benzene rings is 1. The Morgan fingerprint density at radius 3 is 3.00 bits per heavy atom. The number of aromatic carboxylic acids is 1. The van der Waals surface area contributed by atoms with Gasteiger partial charge in [-0.2, -0.15) is 0 Å². The zero-order valence-electron chi connectivity index (χ0n) is 9.20. The lowest BCUT2D eigenvalue weighted by Crippen LogP contribution is -1.95. The van der Waals surface area contributed by atoms with Crippen molar-refractivity contribution in [3.8, 4) is 11.3 Å². The summed E-state index contributed by atoms with van der Waals surface area (Å²) in [6, 6.07) is 9.22. The number of carboxylic acid groups (broad SMARTS) is 1. The molecule has 0 fully saturated rings. The van der Waals surface area contributed by atoms with Gasteiger partial charge in [-0.15, -0.1) is 0 Å². The lowest BCUT2D eigenvalue weighted by molar-refractivity contribution is 0.0697. The normalized spacial score (nSPS) is 10.7. The van der Waals surface area contributed by atoms with E-state index in [0.29, 0.717) is 5.56 Å². The van der Waals surface area contributed by atoms with Crippen LogP contribution in [0.4, 0.5) is 0 Å². The van der Waals surface area contributed by atoms with E-state index in [1.165, 1.54) is 6.20 Å². The summed E-state index contributed by atoms with van der Waals surface area (Å²) in [4.78, 5) is 15.2. The zero-order valence-corrected chi connectivity index (χ0v) is 9.20. The SMILES string of the molecule is O=C(O)c1cnoc1-c1ccc2cccnc2c1. The molecule has 0 bridgehead atoms. The van der Waals surface area contributed by atoms with Crippen LogP contribution >= 0.6 is 0 Å². The molecule has 5 nitrogen and oxygen atoms in total. The first-order valence-corrected chi connectivity index (χ1v) is 5.29. The van der Waals surface area contributed by atoms with Gasteiger partial charge >= 0.3 is 5.97 Å². The van der Waals surface area contributed by atoms with Gasteiger partial charge in [0, 0.05) is 17.1 Å². The fourth-order valence-corrected chi connectivity index (χ4v) is 1.81. The third-order valence-corrected chi connectivity index (χ3v) is 2.67. The Labute approximate surface area is 102 Å². The van der Waals surface area contributed by atoms with Gasteiger partial charge in [-0.1, -0.05) is 23.4 Å². The maximum absolute atomic E-state index is 11.0. The van der Waals surface area contributed by atoms with Crippen molar-refractivity contribution >= 4 is 16.9 Å². The lowest BCUT2D eigenvalue weighted by Gasteiger charge is -2.00. The van der Waals surface area contributed by atoms with Gasteiger partial charge < -0.3 is 9.63 Å². The molecule has 0 amide bonds. The highest BCUT2D eigenvalue weighted by atomic mass is 16.5. The van der Waals surface area contributed by atoms with Crippen molar-refractivity contribution in [2.75, 3.05) is 0 Å². The minimum Gasteiger partial charge on any atom is -0.477 e. The monoisotopic (exact) mass is 240 g/mol. The van der Waals surface area contributed by atoms with E-state index in [0.717, 1.165) is 10.9 Å². The Morgan fingerprint density at radius 1 is 1.28 bits per heavy atom. The molecule has 2 aromatic heterocycles. The molecule has 0 radical (unpaired) electrons. The minimum atomic E-state index is -1.06. The van der Waals surface area contributed by atoms with Crippen molar-refractivity contribution < 1.29 is 14.4 Å². The van der Waals surface area contributed by atoms with Gasteiger partial charge in [0.05, 0.1) is 11.7 Å². The van der Waals surface area contributed by atoms with Crippen molar-refractivity contribution in [3.63, 3.8) is 0 Å². The first-order valence-electron chi connectivity index (χ1n) is 5.29. The average Bonchev–Trinajstić information content (AvgIpc) is 2.87. The average molecular weight is 240 g/mol. The van der Waals surface area contributed by atoms with E-state index in [1.807, 2.05) is 18.2 Å². The van der Waals surface area contributed by atoms with E-state index in [1.54, 1.807) is 18.3 Å². The van der Waals surface area contributed by atoms with Gasteiger partial charge in [0.1, 0.15) is 5.56 Å². The van der Waals surface area contributed by atoms with Crippen LogP contribution in [-0.4, -0.2) is 21.2 Å². The number of pyridine rings is 1. The second kappa shape index (κ2) is 3.96. The van der Waals surface area contributed by atoms with Gasteiger partial charge in [-0.25, -0.2) is 4.79 Å². The maximum atomic E-state index is 11.0. The Balaban J connectivity index is 2.19. The van der Waals surface area contributed by atoms with Gasteiger partial charge in [0.2, 0.25) is 0 Å². The second-order valence-electron chi connectivity index (χ2n) is 3.78. The van der Waals surface area contributed by atoms with E-state index in [9.17, 15) is 4.79 Å². The number of hydrogen-bond donors (Lipinski definition) is 1. The topological polar surface area (TPSA) is 76.2 Å². The highest BCUT2D eigenvalue weighted by Gasteiger charge is 2.17. The minimum absolute atomic E-state index is 0.0466. The summed E-state index contributed by atoms with van der Waals surface area (Å²) < 4.78 is 5.00. The van der Waals surface area contributed by atoms with Gasteiger partial charge in [0.25, 0.3) is 0 Å². The number of rotatable bonds is 2. The Morgan fingerprint density at radius 2 is 2.17 bits per heavy atom. The summed E-state index contributed by atoms with van der Waals surface area (Å²) in [6.07, 6.45) is 2.88. The smallest absolute Gasteiger partial charge is 0.341 e.